The fraction of sp³-hybridized carbons (Fsp3) is 0.727. The summed E-state index contributed by atoms with van der Waals surface area (Å²) in [5.41, 5.74) is 7.16. The van der Waals surface area contributed by atoms with Gasteiger partial charge in [-0.05, 0) is 74.6 Å². The van der Waals surface area contributed by atoms with Crippen molar-refractivity contribution in [2.75, 3.05) is 0 Å². The maximum atomic E-state index is 5.51. The fourth-order valence-corrected chi connectivity index (χ4v) is 9.46. The van der Waals surface area contributed by atoms with Crippen LogP contribution >= 0.6 is 0 Å². The van der Waals surface area contributed by atoms with Crippen LogP contribution in [0.5, 0.6) is 0 Å². The van der Waals surface area contributed by atoms with Crippen molar-refractivity contribution in [1.29, 1.82) is 0 Å². The molecule has 0 aromatic heterocycles. The summed E-state index contributed by atoms with van der Waals surface area (Å²) in [6.07, 6.45) is 57.0. The van der Waals surface area contributed by atoms with Gasteiger partial charge in [-0.15, -0.1) is 23.7 Å². The molecule has 0 fully saturated rings. The van der Waals surface area contributed by atoms with Crippen molar-refractivity contribution in [2.24, 2.45) is 9.98 Å². The van der Waals surface area contributed by atoms with Gasteiger partial charge in [0, 0.05) is 25.7 Å². The molecule has 0 bridgehead atoms. The summed E-state index contributed by atoms with van der Waals surface area (Å²) in [6.45, 7) is 9.19. The Morgan fingerprint density at radius 1 is 0.294 bits per heavy atom. The predicted molar refractivity (Wildman–Crippen MR) is 307 cm³/mol. The third-order valence-corrected chi connectivity index (χ3v) is 14.0. The van der Waals surface area contributed by atoms with E-state index >= 15 is 0 Å². The van der Waals surface area contributed by atoms with Crippen LogP contribution in [0, 0.1) is 23.7 Å². The summed E-state index contributed by atoms with van der Waals surface area (Å²) in [6, 6.07) is 17.6. The number of hydrogen-bond donors (Lipinski definition) is 0. The first kappa shape index (κ1) is 61.0. The van der Waals surface area contributed by atoms with Gasteiger partial charge in [-0.3, -0.25) is 9.98 Å². The van der Waals surface area contributed by atoms with E-state index in [4.69, 9.17) is 9.98 Å². The first-order valence-electron chi connectivity index (χ1n) is 30.0. The van der Waals surface area contributed by atoms with Gasteiger partial charge in [-0.1, -0.05) is 270 Å². The zero-order chi connectivity index (χ0) is 48.5. The molecule has 0 spiro atoms. The lowest BCUT2D eigenvalue weighted by molar-refractivity contribution is 0.533. The SMILES string of the molecule is CCCCCCCCCCCCCCCCCC#CCCc1ccccc1N=C(CCCC)C(CCCCCC)=Nc1ccccc1CCC#CCCCCCCCCCCCCCCCCC. The Balaban J connectivity index is 1.87. The Labute approximate surface area is 424 Å². The Morgan fingerprint density at radius 2 is 0.559 bits per heavy atom. The van der Waals surface area contributed by atoms with Crippen molar-refractivity contribution in [1.82, 2.24) is 0 Å². The fourth-order valence-electron chi connectivity index (χ4n) is 9.46. The first-order chi connectivity index (χ1) is 33.7. The van der Waals surface area contributed by atoms with Crippen LogP contribution in [-0.2, 0) is 12.8 Å². The molecule has 0 aliphatic heterocycles. The van der Waals surface area contributed by atoms with Gasteiger partial charge in [-0.2, -0.15) is 0 Å². The van der Waals surface area contributed by atoms with Crippen LogP contribution in [0.25, 0.3) is 0 Å². The van der Waals surface area contributed by atoms with Crippen LogP contribution in [0.3, 0.4) is 0 Å². The highest BCUT2D eigenvalue weighted by Gasteiger charge is 2.13. The van der Waals surface area contributed by atoms with Crippen molar-refractivity contribution in [2.45, 2.75) is 310 Å². The first-order valence-corrected chi connectivity index (χ1v) is 30.0. The number of nitrogens with zero attached hydrogens (tertiary/aromatic N) is 2. The monoisotopic (exact) mass is 929 g/mol. The molecule has 0 aliphatic rings. The zero-order valence-corrected chi connectivity index (χ0v) is 45.6. The van der Waals surface area contributed by atoms with Crippen molar-refractivity contribution in [3.05, 3.63) is 59.7 Å². The molecule has 382 valence electrons. The summed E-state index contributed by atoms with van der Waals surface area (Å²) >= 11 is 0. The maximum Gasteiger partial charge on any atom is 0.0666 e. The van der Waals surface area contributed by atoms with E-state index in [0.717, 1.165) is 82.0 Å². The van der Waals surface area contributed by atoms with Gasteiger partial charge in [0.1, 0.15) is 0 Å². The number of aryl methyl sites for hydroxylation is 2. The van der Waals surface area contributed by atoms with Crippen LogP contribution in [0.2, 0.25) is 0 Å². The molecule has 0 saturated carbocycles. The molecule has 0 aliphatic carbocycles. The summed E-state index contributed by atoms with van der Waals surface area (Å²) in [5, 5.41) is 0. The molecule has 2 aromatic rings. The van der Waals surface area contributed by atoms with Gasteiger partial charge < -0.3 is 0 Å². The smallest absolute Gasteiger partial charge is 0.0666 e. The van der Waals surface area contributed by atoms with E-state index in [9.17, 15) is 0 Å². The van der Waals surface area contributed by atoms with Crippen molar-refractivity contribution in [3.8, 4) is 23.7 Å². The molecule has 2 aromatic carbocycles. The van der Waals surface area contributed by atoms with Crippen LogP contribution in [-0.4, -0.2) is 11.4 Å². The number of unbranched alkanes of at least 4 members (excludes halogenated alkanes) is 34. The highest BCUT2D eigenvalue weighted by Crippen LogP contribution is 2.26. The highest BCUT2D eigenvalue weighted by molar-refractivity contribution is 6.43. The van der Waals surface area contributed by atoms with Gasteiger partial charge in [0.05, 0.1) is 22.8 Å². The molecule has 2 rings (SSSR count). The molecule has 0 saturated heterocycles. The van der Waals surface area contributed by atoms with Gasteiger partial charge in [-0.25, -0.2) is 0 Å². The highest BCUT2D eigenvalue weighted by atomic mass is 14.8. The number of aliphatic imine (C=N–C) groups is 2. The average Bonchev–Trinajstić information content (AvgIpc) is 3.36. The van der Waals surface area contributed by atoms with E-state index in [2.05, 4.69) is 99.9 Å². The van der Waals surface area contributed by atoms with Crippen molar-refractivity contribution in [3.63, 3.8) is 0 Å². The molecule has 0 amide bonds. The zero-order valence-electron chi connectivity index (χ0n) is 45.6. The Hall–Kier alpha value is -3.10. The topological polar surface area (TPSA) is 24.7 Å². The van der Waals surface area contributed by atoms with Gasteiger partial charge in [0.25, 0.3) is 0 Å². The molecule has 2 nitrogen and oxygen atoms in total. The lowest BCUT2D eigenvalue weighted by atomic mass is 10.0. The molecule has 2 heteroatoms. The largest absolute Gasteiger partial charge is 0.251 e. The summed E-state index contributed by atoms with van der Waals surface area (Å²) < 4.78 is 0. The third-order valence-electron chi connectivity index (χ3n) is 14.0. The minimum atomic E-state index is 0.892. The maximum absolute atomic E-state index is 5.51. The van der Waals surface area contributed by atoms with Gasteiger partial charge in [0.15, 0.2) is 0 Å². The van der Waals surface area contributed by atoms with Crippen LogP contribution < -0.4 is 0 Å². The van der Waals surface area contributed by atoms with Crippen LogP contribution in [0.15, 0.2) is 58.5 Å². The Bertz CT molecular complexity index is 1620. The summed E-state index contributed by atoms with van der Waals surface area (Å²) in [5.74, 6) is 14.1. The van der Waals surface area contributed by atoms with Crippen molar-refractivity contribution < 1.29 is 0 Å². The molecule has 0 unspecified atom stereocenters. The van der Waals surface area contributed by atoms with Crippen LogP contribution in [0.1, 0.15) is 308 Å². The molecule has 0 N–H and O–H groups in total. The van der Waals surface area contributed by atoms with E-state index in [-0.39, 0.29) is 0 Å². The normalized spacial score (nSPS) is 11.7. The second-order valence-electron chi connectivity index (χ2n) is 20.4. The van der Waals surface area contributed by atoms with Crippen molar-refractivity contribution >= 4 is 22.8 Å². The van der Waals surface area contributed by atoms with E-state index in [1.54, 1.807) is 0 Å². The molecular weight excluding hydrogens is 821 g/mol. The predicted octanol–water partition coefficient (Wildman–Crippen LogP) is 22.1. The lowest BCUT2D eigenvalue weighted by Gasteiger charge is -2.14. The lowest BCUT2D eigenvalue weighted by Crippen LogP contribution is -2.15. The Kier molecular flexibility index (Phi) is 42.7. The number of benzene rings is 2. The second kappa shape index (κ2) is 47.6. The quantitative estimate of drug-likeness (QED) is 0.0359. The molecule has 0 atom stereocenters. The molecule has 0 radical (unpaired) electrons. The van der Waals surface area contributed by atoms with E-state index < -0.39 is 0 Å². The molecule has 0 heterocycles. The Morgan fingerprint density at radius 3 is 0.897 bits per heavy atom. The standard InChI is InChI=1S/C66H108N2/c1-5-9-13-16-18-20-22-24-26-28-30-32-34-36-38-40-42-44-46-53-61-55-49-51-58-63(61)67-65(57-12-8-4)66(60-48-15-11-7-3)68-64-59-52-50-56-62(64)54-47-45-43-41-39-37-35-33-31-29-27-25-23-21-19-17-14-10-6-2/h49-52,55-56,58-59H,5-41,46-48,53-54,57,60H2,1-4H3. The molecular formula is C66H108N2. The number of para-hydroxylation sites is 2. The molecule has 68 heavy (non-hydrogen) atoms. The second-order valence-corrected chi connectivity index (χ2v) is 20.4. The van der Waals surface area contributed by atoms with Gasteiger partial charge in [0.2, 0.25) is 0 Å². The average molecular weight is 930 g/mol. The number of rotatable bonds is 45. The van der Waals surface area contributed by atoms with E-state index in [1.165, 1.54) is 234 Å². The minimum Gasteiger partial charge on any atom is -0.251 e. The minimum absolute atomic E-state index is 0.892. The summed E-state index contributed by atoms with van der Waals surface area (Å²) in [4.78, 5) is 11.0. The van der Waals surface area contributed by atoms with Gasteiger partial charge >= 0.3 is 0 Å². The van der Waals surface area contributed by atoms with E-state index in [1.807, 2.05) is 0 Å². The van der Waals surface area contributed by atoms with Crippen LogP contribution in [0.4, 0.5) is 11.4 Å². The van der Waals surface area contributed by atoms with E-state index in [0.29, 0.717) is 0 Å². The third kappa shape index (κ3) is 35.1. The summed E-state index contributed by atoms with van der Waals surface area (Å²) in [7, 11) is 0. The number of hydrogen-bond acceptors (Lipinski definition) is 2.